The van der Waals surface area contributed by atoms with Gasteiger partial charge in [0.25, 0.3) is 5.91 Å². The van der Waals surface area contributed by atoms with Crippen LogP contribution in [0.25, 0.3) is 0 Å². The van der Waals surface area contributed by atoms with Crippen molar-refractivity contribution in [1.82, 2.24) is 5.48 Å². The molecule has 7 heteroatoms. The van der Waals surface area contributed by atoms with Crippen molar-refractivity contribution in [3.05, 3.63) is 0 Å². The summed E-state index contributed by atoms with van der Waals surface area (Å²) in [5.74, 6) is -0.581. The summed E-state index contributed by atoms with van der Waals surface area (Å²) in [6, 6.07) is 0. The average molecular weight is 218 g/mol. The zero-order valence-electron chi connectivity index (χ0n) is 8.23. The van der Waals surface area contributed by atoms with Crippen LogP contribution >= 0.6 is 0 Å². The van der Waals surface area contributed by atoms with Gasteiger partial charge in [-0.05, 0) is 12.8 Å². The summed E-state index contributed by atoms with van der Waals surface area (Å²) in [5.41, 5.74) is 6.78. The second kappa shape index (κ2) is 6.20. The van der Waals surface area contributed by atoms with E-state index in [9.17, 15) is 9.59 Å². The Kier molecular flexibility index (Phi) is 4.85. The van der Waals surface area contributed by atoms with Gasteiger partial charge in [-0.25, -0.2) is 15.1 Å². The van der Waals surface area contributed by atoms with E-state index in [1.165, 1.54) is 0 Å². The number of carbonyl (C=O) groups excluding carboxylic acids is 2. The van der Waals surface area contributed by atoms with Crippen LogP contribution in [-0.2, 0) is 19.1 Å². The molecule has 0 aromatic carbocycles. The molecule has 1 heterocycles. The van der Waals surface area contributed by atoms with Gasteiger partial charge in [0.05, 0.1) is 0 Å². The maximum absolute atomic E-state index is 11.0. The Hall–Kier alpha value is -1.34. The lowest BCUT2D eigenvalue weighted by molar-refractivity contribution is -0.201. The van der Waals surface area contributed by atoms with Gasteiger partial charge in [-0.2, -0.15) is 0 Å². The maximum atomic E-state index is 11.0. The Morgan fingerprint density at radius 3 is 2.87 bits per heavy atom. The molecular weight excluding hydrogens is 204 g/mol. The van der Waals surface area contributed by atoms with E-state index in [1.54, 1.807) is 0 Å². The fourth-order valence-corrected chi connectivity index (χ4v) is 1.10. The first kappa shape index (κ1) is 11.7. The number of hydroxylamine groups is 1. The van der Waals surface area contributed by atoms with E-state index >= 15 is 0 Å². The van der Waals surface area contributed by atoms with E-state index in [4.69, 9.17) is 9.57 Å². The molecule has 0 aromatic heterocycles. The third kappa shape index (κ3) is 5.18. The van der Waals surface area contributed by atoms with Crippen LogP contribution in [0.15, 0.2) is 0 Å². The van der Waals surface area contributed by atoms with E-state index in [1.807, 2.05) is 0 Å². The van der Waals surface area contributed by atoms with Crippen LogP contribution < -0.4 is 11.2 Å². The van der Waals surface area contributed by atoms with Crippen molar-refractivity contribution in [3.8, 4) is 0 Å². The number of rotatable bonds is 4. The SMILES string of the molecule is NC(=O)OCC(=O)NOC1CCCCO1. The Labute approximate surface area is 86.8 Å². The molecule has 1 rings (SSSR count). The standard InChI is InChI=1S/C8H14N2O5/c9-8(12)14-5-6(11)10-15-7-3-1-2-4-13-7/h7H,1-5H2,(H2,9,12)(H,10,11). The van der Waals surface area contributed by atoms with Crippen LogP contribution in [-0.4, -0.2) is 31.5 Å². The fraction of sp³-hybridized carbons (Fsp3) is 0.750. The van der Waals surface area contributed by atoms with Crippen molar-refractivity contribution >= 4 is 12.0 Å². The molecule has 1 fully saturated rings. The van der Waals surface area contributed by atoms with Gasteiger partial charge in [-0.15, -0.1) is 0 Å². The highest BCUT2D eigenvalue weighted by atomic mass is 16.8. The van der Waals surface area contributed by atoms with Crippen LogP contribution in [0.3, 0.4) is 0 Å². The average Bonchev–Trinajstić information content (AvgIpc) is 2.25. The van der Waals surface area contributed by atoms with Crippen molar-refractivity contribution < 1.29 is 23.9 Å². The topological polar surface area (TPSA) is 99.9 Å². The summed E-state index contributed by atoms with van der Waals surface area (Å²) in [6.07, 6.45) is 1.31. The first-order chi connectivity index (χ1) is 7.18. The van der Waals surface area contributed by atoms with Gasteiger partial charge in [0.15, 0.2) is 12.9 Å². The highest BCUT2D eigenvalue weighted by Gasteiger charge is 2.15. The summed E-state index contributed by atoms with van der Waals surface area (Å²) < 4.78 is 9.43. The minimum absolute atomic E-state index is 0.420. The fourth-order valence-electron chi connectivity index (χ4n) is 1.10. The molecule has 1 atom stereocenters. The zero-order valence-corrected chi connectivity index (χ0v) is 8.23. The van der Waals surface area contributed by atoms with E-state index in [0.717, 1.165) is 19.3 Å². The first-order valence-corrected chi connectivity index (χ1v) is 4.67. The molecule has 1 unspecified atom stereocenters. The third-order valence-electron chi connectivity index (χ3n) is 1.79. The first-order valence-electron chi connectivity index (χ1n) is 4.67. The molecule has 2 amide bonds. The second-order valence-corrected chi connectivity index (χ2v) is 3.05. The molecule has 0 radical (unpaired) electrons. The predicted octanol–water partition coefficient (Wildman–Crippen LogP) is -0.344. The number of nitrogens with one attached hydrogen (secondary N) is 1. The highest BCUT2D eigenvalue weighted by Crippen LogP contribution is 2.12. The van der Waals surface area contributed by atoms with Gasteiger partial charge in [0, 0.05) is 13.0 Å². The normalized spacial score (nSPS) is 20.7. The molecule has 0 spiro atoms. The number of amides is 2. The van der Waals surface area contributed by atoms with Gasteiger partial charge in [-0.1, -0.05) is 0 Å². The molecule has 1 saturated heterocycles. The lowest BCUT2D eigenvalue weighted by Crippen LogP contribution is -2.35. The Bertz CT molecular complexity index is 227. The molecule has 0 saturated carbocycles. The lowest BCUT2D eigenvalue weighted by atomic mass is 10.2. The number of hydrogen-bond acceptors (Lipinski definition) is 5. The van der Waals surface area contributed by atoms with E-state index in [2.05, 4.69) is 16.0 Å². The Morgan fingerprint density at radius 2 is 2.27 bits per heavy atom. The number of hydrogen-bond donors (Lipinski definition) is 2. The number of primary amides is 1. The maximum Gasteiger partial charge on any atom is 0.405 e. The van der Waals surface area contributed by atoms with Gasteiger partial charge in [-0.3, -0.25) is 4.79 Å². The third-order valence-corrected chi connectivity index (χ3v) is 1.79. The summed E-state index contributed by atoms with van der Waals surface area (Å²) in [7, 11) is 0. The quantitative estimate of drug-likeness (QED) is 0.628. The molecule has 15 heavy (non-hydrogen) atoms. The number of nitrogens with two attached hydrogens (primary N) is 1. The molecule has 0 bridgehead atoms. The van der Waals surface area contributed by atoms with Crippen molar-refractivity contribution in [2.75, 3.05) is 13.2 Å². The predicted molar refractivity (Wildman–Crippen MR) is 48.4 cm³/mol. The smallest absolute Gasteiger partial charge is 0.405 e. The van der Waals surface area contributed by atoms with Gasteiger partial charge < -0.3 is 15.2 Å². The van der Waals surface area contributed by atoms with Crippen molar-refractivity contribution in [1.29, 1.82) is 0 Å². The van der Waals surface area contributed by atoms with Crippen molar-refractivity contribution in [2.24, 2.45) is 5.73 Å². The van der Waals surface area contributed by atoms with E-state index in [0.29, 0.717) is 6.61 Å². The second-order valence-electron chi connectivity index (χ2n) is 3.05. The largest absolute Gasteiger partial charge is 0.440 e. The van der Waals surface area contributed by atoms with E-state index in [-0.39, 0.29) is 0 Å². The number of carbonyl (C=O) groups is 2. The summed E-state index contributed by atoms with van der Waals surface area (Å²) in [5, 5.41) is 0. The molecule has 86 valence electrons. The van der Waals surface area contributed by atoms with Crippen LogP contribution in [0.2, 0.25) is 0 Å². The van der Waals surface area contributed by atoms with Crippen LogP contribution in [0.4, 0.5) is 4.79 Å². The zero-order chi connectivity index (χ0) is 11.1. The van der Waals surface area contributed by atoms with Gasteiger partial charge >= 0.3 is 6.09 Å². The molecule has 3 N–H and O–H groups in total. The summed E-state index contributed by atoms with van der Waals surface area (Å²) >= 11 is 0. The van der Waals surface area contributed by atoms with Gasteiger partial charge in [0.2, 0.25) is 0 Å². The molecule has 1 aliphatic rings. The molecule has 7 nitrogen and oxygen atoms in total. The minimum atomic E-state index is -1.00. The summed E-state index contributed by atoms with van der Waals surface area (Å²) in [4.78, 5) is 26.1. The monoisotopic (exact) mass is 218 g/mol. The van der Waals surface area contributed by atoms with Crippen LogP contribution in [0.1, 0.15) is 19.3 Å². The van der Waals surface area contributed by atoms with Crippen molar-refractivity contribution in [3.63, 3.8) is 0 Å². The van der Waals surface area contributed by atoms with E-state index < -0.39 is 24.9 Å². The number of ether oxygens (including phenoxy) is 2. The Morgan fingerprint density at radius 1 is 1.47 bits per heavy atom. The van der Waals surface area contributed by atoms with Gasteiger partial charge in [0.1, 0.15) is 0 Å². The van der Waals surface area contributed by atoms with Crippen molar-refractivity contribution in [2.45, 2.75) is 25.6 Å². The molecule has 0 aliphatic carbocycles. The van der Waals surface area contributed by atoms with Crippen LogP contribution in [0, 0.1) is 0 Å². The highest BCUT2D eigenvalue weighted by molar-refractivity contribution is 5.78. The Balaban J connectivity index is 2.07. The minimum Gasteiger partial charge on any atom is -0.440 e. The molecule has 0 aromatic rings. The van der Waals surface area contributed by atoms with Crippen LogP contribution in [0.5, 0.6) is 0 Å². The lowest BCUT2D eigenvalue weighted by Gasteiger charge is -2.21. The molecule has 1 aliphatic heterocycles. The molecular formula is C8H14N2O5. The summed E-state index contributed by atoms with van der Waals surface area (Å²) in [6.45, 7) is 0.167.